The van der Waals surface area contributed by atoms with Crippen LogP contribution in [0, 0.1) is 0 Å². The lowest BCUT2D eigenvalue weighted by atomic mass is 10.0. The molecule has 0 aliphatic heterocycles. The van der Waals surface area contributed by atoms with Crippen LogP contribution in [0.2, 0.25) is 0 Å². The number of hydrogen-bond donors (Lipinski definition) is 2. The van der Waals surface area contributed by atoms with Crippen LogP contribution in [0.15, 0.2) is 110 Å². The first-order chi connectivity index (χ1) is 20.2. The summed E-state index contributed by atoms with van der Waals surface area (Å²) in [7, 11) is 1.66. The number of para-hydroxylation sites is 1. The number of aryl methyl sites for hydroxylation is 2. The summed E-state index contributed by atoms with van der Waals surface area (Å²) < 4.78 is 7.50. The second kappa shape index (κ2) is 11.9. The van der Waals surface area contributed by atoms with Gasteiger partial charge in [0.1, 0.15) is 17.6 Å². The average molecular weight is 543 g/mol. The van der Waals surface area contributed by atoms with E-state index in [9.17, 15) is 4.79 Å². The highest BCUT2D eigenvalue weighted by Gasteiger charge is 2.27. The number of methoxy groups -OCH3 is 1. The van der Waals surface area contributed by atoms with E-state index in [0.29, 0.717) is 24.4 Å². The summed E-state index contributed by atoms with van der Waals surface area (Å²) in [6.45, 7) is 0.542. The van der Waals surface area contributed by atoms with Crippen LogP contribution < -0.4 is 10.1 Å². The summed E-state index contributed by atoms with van der Waals surface area (Å²) in [5.74, 6) is 2.09. The van der Waals surface area contributed by atoms with Gasteiger partial charge < -0.3 is 19.6 Å². The number of hydrogen-bond acceptors (Lipinski definition) is 5. The van der Waals surface area contributed by atoms with Gasteiger partial charge in [-0.3, -0.25) is 9.78 Å². The lowest BCUT2D eigenvalue weighted by Gasteiger charge is -2.20. The third-order valence-electron chi connectivity index (χ3n) is 7.24. The number of H-pyrrole nitrogens is 1. The fourth-order valence-electron chi connectivity index (χ4n) is 5.07. The van der Waals surface area contributed by atoms with Crippen molar-refractivity contribution < 1.29 is 9.53 Å². The molecule has 2 N–H and O–H groups in total. The molecule has 0 saturated heterocycles. The minimum Gasteiger partial charge on any atom is -0.497 e. The van der Waals surface area contributed by atoms with Gasteiger partial charge in [-0.2, -0.15) is 0 Å². The molecule has 1 amide bonds. The number of nitrogens with zero attached hydrogens (tertiary/aromatic N) is 4. The van der Waals surface area contributed by atoms with Crippen molar-refractivity contribution in [2.24, 2.45) is 0 Å². The molecule has 6 rings (SSSR count). The van der Waals surface area contributed by atoms with Crippen LogP contribution in [-0.4, -0.2) is 37.7 Å². The predicted octanol–water partition coefficient (Wildman–Crippen LogP) is 5.52. The number of aromatic amines is 1. The van der Waals surface area contributed by atoms with Gasteiger partial charge in [-0.1, -0.05) is 60.7 Å². The van der Waals surface area contributed by atoms with Crippen LogP contribution in [0.4, 0.5) is 0 Å². The third kappa shape index (κ3) is 5.72. The van der Waals surface area contributed by atoms with Gasteiger partial charge in [0.2, 0.25) is 0 Å². The summed E-state index contributed by atoms with van der Waals surface area (Å²) in [6, 6.07) is 29.2. The van der Waals surface area contributed by atoms with Crippen molar-refractivity contribution in [3.05, 3.63) is 143 Å². The number of rotatable bonds is 10. The van der Waals surface area contributed by atoms with Crippen LogP contribution >= 0.6 is 0 Å². The van der Waals surface area contributed by atoms with Crippen molar-refractivity contribution in [3.8, 4) is 5.75 Å². The highest BCUT2D eigenvalue weighted by Crippen LogP contribution is 2.30. The van der Waals surface area contributed by atoms with E-state index in [-0.39, 0.29) is 5.91 Å². The number of fused-ring (bicyclic) bond motifs is 1. The summed E-state index contributed by atoms with van der Waals surface area (Å²) in [5, 5.41) is 13.6. The molecule has 3 aromatic carbocycles. The quantitative estimate of drug-likeness (QED) is 0.238. The Kier molecular flexibility index (Phi) is 7.53. The first kappa shape index (κ1) is 26.0. The van der Waals surface area contributed by atoms with Crippen molar-refractivity contribution in [2.75, 3.05) is 7.11 Å². The van der Waals surface area contributed by atoms with E-state index in [1.54, 1.807) is 31.6 Å². The molecular weight excluding hydrogens is 512 g/mol. The van der Waals surface area contributed by atoms with Crippen molar-refractivity contribution in [1.82, 2.24) is 30.0 Å². The van der Waals surface area contributed by atoms with Crippen LogP contribution in [0.3, 0.4) is 0 Å². The molecule has 0 spiro atoms. The molecule has 41 heavy (non-hydrogen) atoms. The van der Waals surface area contributed by atoms with Gasteiger partial charge in [0.25, 0.3) is 5.91 Å². The molecule has 6 aromatic rings. The van der Waals surface area contributed by atoms with E-state index in [2.05, 4.69) is 37.1 Å². The van der Waals surface area contributed by atoms with E-state index in [1.165, 1.54) is 5.56 Å². The van der Waals surface area contributed by atoms with Crippen LogP contribution in [-0.2, 0) is 19.4 Å². The highest BCUT2D eigenvalue weighted by molar-refractivity contribution is 5.95. The van der Waals surface area contributed by atoms with Gasteiger partial charge in [0.15, 0.2) is 5.82 Å². The third-order valence-corrected chi connectivity index (χ3v) is 7.24. The van der Waals surface area contributed by atoms with E-state index in [4.69, 9.17) is 9.84 Å². The zero-order valence-corrected chi connectivity index (χ0v) is 22.7. The minimum absolute atomic E-state index is 0.215. The molecule has 0 aliphatic rings. The number of pyridine rings is 1. The number of amides is 1. The van der Waals surface area contributed by atoms with Gasteiger partial charge in [-0.25, -0.2) is 0 Å². The van der Waals surface area contributed by atoms with Crippen LogP contribution in [0.5, 0.6) is 5.75 Å². The molecule has 8 nitrogen and oxygen atoms in total. The van der Waals surface area contributed by atoms with E-state index >= 15 is 0 Å². The van der Waals surface area contributed by atoms with Gasteiger partial charge in [-0.15, -0.1) is 10.2 Å². The first-order valence-electron chi connectivity index (χ1n) is 13.6. The molecule has 0 aliphatic carbocycles. The van der Waals surface area contributed by atoms with Crippen molar-refractivity contribution in [2.45, 2.75) is 25.4 Å². The van der Waals surface area contributed by atoms with Crippen molar-refractivity contribution in [1.29, 1.82) is 0 Å². The highest BCUT2D eigenvalue weighted by atomic mass is 16.5. The Hall–Kier alpha value is -5.24. The number of carbonyl (C=O) groups excluding carboxylic acids is 1. The van der Waals surface area contributed by atoms with Gasteiger partial charge in [0, 0.05) is 47.0 Å². The fraction of sp³-hybridized carbons (Fsp3) is 0.152. The molecule has 8 heteroatoms. The fourth-order valence-corrected chi connectivity index (χ4v) is 5.07. The largest absolute Gasteiger partial charge is 0.497 e. The number of benzene rings is 3. The Morgan fingerprint density at radius 3 is 2.41 bits per heavy atom. The number of nitrogens with one attached hydrogen (secondary N) is 2. The zero-order chi connectivity index (χ0) is 28.0. The normalized spacial score (nSPS) is 11.8. The summed E-state index contributed by atoms with van der Waals surface area (Å²) in [6.07, 6.45) is 6.69. The molecule has 204 valence electrons. The van der Waals surface area contributed by atoms with E-state index < -0.39 is 6.04 Å². The molecule has 0 fully saturated rings. The SMILES string of the molecule is COc1ccc(Cn2c(CCc3ccccc3)nnc2[C@H](NC(=O)c2ccncc2)c2c[nH]c3ccccc23)cc1. The van der Waals surface area contributed by atoms with Gasteiger partial charge >= 0.3 is 0 Å². The predicted molar refractivity (Wildman–Crippen MR) is 158 cm³/mol. The molecular formula is C33H30N6O2. The smallest absolute Gasteiger partial charge is 0.252 e. The number of aromatic nitrogens is 5. The molecule has 0 radical (unpaired) electrons. The Morgan fingerprint density at radius 2 is 1.63 bits per heavy atom. The van der Waals surface area contributed by atoms with Gasteiger partial charge in [-0.05, 0) is 47.9 Å². The topological polar surface area (TPSA) is 97.7 Å². The lowest BCUT2D eigenvalue weighted by molar-refractivity contribution is 0.0941. The minimum atomic E-state index is -0.553. The molecule has 0 bridgehead atoms. The zero-order valence-electron chi connectivity index (χ0n) is 22.7. The maximum atomic E-state index is 13.5. The maximum absolute atomic E-state index is 13.5. The average Bonchev–Trinajstić information content (AvgIpc) is 3.64. The van der Waals surface area contributed by atoms with E-state index in [1.807, 2.05) is 72.9 Å². The second-order valence-corrected chi connectivity index (χ2v) is 9.83. The maximum Gasteiger partial charge on any atom is 0.252 e. The molecule has 3 aromatic heterocycles. The van der Waals surface area contributed by atoms with Gasteiger partial charge in [0.05, 0.1) is 13.7 Å². The monoisotopic (exact) mass is 542 g/mol. The Bertz CT molecular complexity index is 1740. The van der Waals surface area contributed by atoms with Crippen LogP contribution in [0.1, 0.15) is 44.7 Å². The van der Waals surface area contributed by atoms with E-state index in [0.717, 1.165) is 40.0 Å². The van der Waals surface area contributed by atoms with Crippen molar-refractivity contribution in [3.63, 3.8) is 0 Å². The molecule has 1 atom stereocenters. The molecule has 3 heterocycles. The lowest BCUT2D eigenvalue weighted by Crippen LogP contribution is -2.31. The number of ether oxygens (including phenoxy) is 1. The summed E-state index contributed by atoms with van der Waals surface area (Å²) in [4.78, 5) is 20.9. The Morgan fingerprint density at radius 1 is 0.878 bits per heavy atom. The van der Waals surface area contributed by atoms with Crippen LogP contribution in [0.25, 0.3) is 10.9 Å². The molecule has 0 unspecified atom stereocenters. The molecule has 0 saturated carbocycles. The summed E-state index contributed by atoms with van der Waals surface area (Å²) >= 11 is 0. The summed E-state index contributed by atoms with van der Waals surface area (Å²) in [5.41, 5.74) is 4.73. The standard InChI is InChI=1S/C33H30N6O2/c1-41-26-14-11-24(12-15-26)22-39-30(16-13-23-7-3-2-4-8-23)37-38-32(39)31(36-33(40)25-17-19-34-20-18-25)28-21-35-29-10-6-5-9-27(28)29/h2-12,14-15,17-21,31,35H,13,16,22H2,1H3,(H,36,40)/t31-/m1/s1. The van der Waals surface area contributed by atoms with Crippen molar-refractivity contribution >= 4 is 16.8 Å². The Labute approximate surface area is 238 Å². The first-order valence-corrected chi connectivity index (χ1v) is 13.6. The Balaban J connectivity index is 1.43. The second-order valence-electron chi connectivity index (χ2n) is 9.83. The number of carbonyl (C=O) groups is 1.